The van der Waals surface area contributed by atoms with Gasteiger partial charge in [0.15, 0.2) is 0 Å². The first-order chi connectivity index (χ1) is 25.9. The Morgan fingerprint density at radius 3 is 2.31 bits per heavy atom. The van der Waals surface area contributed by atoms with Crippen LogP contribution in [0.25, 0.3) is 11.3 Å². The fourth-order valence-corrected chi connectivity index (χ4v) is 6.94. The summed E-state index contributed by atoms with van der Waals surface area (Å²) in [6, 6.07) is 9.97. The third kappa shape index (κ3) is 11.0. The number of alkyl halides is 1. The molecule has 1 aromatic heterocycles. The molecule has 0 spiro atoms. The second kappa shape index (κ2) is 17.4. The van der Waals surface area contributed by atoms with Gasteiger partial charge in [-0.3, -0.25) is 4.79 Å². The first-order valence-corrected chi connectivity index (χ1v) is 18.6. The van der Waals surface area contributed by atoms with Gasteiger partial charge in [0, 0.05) is 50.5 Å². The molecular weight excluding hydrogens is 719 g/mol. The molecule has 2 aliphatic heterocycles. The van der Waals surface area contributed by atoms with Gasteiger partial charge in [-0.25, -0.2) is 27.7 Å². The van der Waals surface area contributed by atoms with Crippen LogP contribution in [0.3, 0.4) is 0 Å². The van der Waals surface area contributed by atoms with Crippen molar-refractivity contribution >= 4 is 18.1 Å². The van der Waals surface area contributed by atoms with Gasteiger partial charge in [0.25, 0.3) is 0 Å². The molecule has 3 heterocycles. The van der Waals surface area contributed by atoms with E-state index in [1.54, 1.807) is 52.3 Å². The van der Waals surface area contributed by atoms with Crippen molar-refractivity contribution in [2.75, 3.05) is 39.5 Å². The van der Waals surface area contributed by atoms with E-state index >= 15 is 8.78 Å². The highest BCUT2D eigenvalue weighted by atomic mass is 19.1. The third-order valence-electron chi connectivity index (χ3n) is 9.42. The molecule has 2 aliphatic rings. The zero-order chi connectivity index (χ0) is 40.1. The van der Waals surface area contributed by atoms with Crippen LogP contribution >= 0.6 is 0 Å². The van der Waals surface area contributed by atoms with E-state index in [4.69, 9.17) is 19.2 Å². The average Bonchev–Trinajstić information content (AvgIpc) is 3.69. The molecule has 0 unspecified atom stereocenters. The van der Waals surface area contributed by atoms with E-state index in [1.807, 2.05) is 30.3 Å². The van der Waals surface area contributed by atoms with Crippen LogP contribution in [0.5, 0.6) is 0 Å². The zero-order valence-corrected chi connectivity index (χ0v) is 32.3. The van der Waals surface area contributed by atoms with E-state index in [1.165, 1.54) is 9.80 Å². The van der Waals surface area contributed by atoms with Crippen molar-refractivity contribution < 1.29 is 46.9 Å². The van der Waals surface area contributed by atoms with Crippen molar-refractivity contribution in [1.82, 2.24) is 24.7 Å². The van der Waals surface area contributed by atoms with Crippen LogP contribution in [0.4, 0.5) is 22.8 Å². The molecule has 0 aliphatic carbocycles. The summed E-state index contributed by atoms with van der Waals surface area (Å²) in [5, 5.41) is 13.0. The van der Waals surface area contributed by atoms with E-state index in [9.17, 15) is 23.9 Å². The third-order valence-corrected chi connectivity index (χ3v) is 9.42. The summed E-state index contributed by atoms with van der Waals surface area (Å²) in [7, 11) is 0. The van der Waals surface area contributed by atoms with E-state index < -0.39 is 71.7 Å². The van der Waals surface area contributed by atoms with Crippen molar-refractivity contribution in [3.8, 4) is 11.3 Å². The quantitative estimate of drug-likeness (QED) is 0.233. The fraction of sp³-hybridized carbons (Fsp3) is 0.550. The number of aliphatic hydroxyl groups excluding tert-OH is 1. The molecule has 55 heavy (non-hydrogen) atoms. The number of ether oxygens (including phenoxy) is 3. The highest BCUT2D eigenvalue weighted by Crippen LogP contribution is 2.39. The number of nitrogens with zero attached hydrogens (tertiary/aromatic N) is 4. The molecule has 0 bridgehead atoms. The van der Waals surface area contributed by atoms with Crippen LogP contribution in [0.15, 0.2) is 54.7 Å². The highest BCUT2D eigenvalue weighted by molar-refractivity contribution is 5.86. The summed E-state index contributed by atoms with van der Waals surface area (Å²) in [6.07, 6.45) is -0.713. The van der Waals surface area contributed by atoms with Crippen LogP contribution in [0.2, 0.25) is 0 Å². The van der Waals surface area contributed by atoms with Gasteiger partial charge in [0.05, 0.1) is 24.9 Å². The van der Waals surface area contributed by atoms with Gasteiger partial charge < -0.3 is 39.0 Å². The maximum Gasteiger partial charge on any atom is 0.410 e. The normalized spacial score (nSPS) is 19.1. The largest absolute Gasteiger partial charge is 0.444 e. The molecule has 15 heteroatoms. The highest BCUT2D eigenvalue weighted by Gasteiger charge is 2.45. The van der Waals surface area contributed by atoms with Crippen molar-refractivity contribution in [1.29, 1.82) is 0 Å². The number of nitrogens with one attached hydrogen (secondary N) is 1. The molecule has 3 aromatic rings. The number of likely N-dealkylation sites (tertiary alicyclic amines) is 1. The van der Waals surface area contributed by atoms with Crippen LogP contribution in [-0.2, 0) is 25.5 Å². The van der Waals surface area contributed by atoms with Gasteiger partial charge in [0.2, 0.25) is 5.91 Å². The Balaban J connectivity index is 1.64. The van der Waals surface area contributed by atoms with E-state index in [0.717, 1.165) is 23.8 Å². The number of hydrogen-bond acceptors (Lipinski definition) is 8. The minimum Gasteiger partial charge on any atom is -0.444 e. The van der Waals surface area contributed by atoms with Crippen molar-refractivity contribution in [2.24, 2.45) is 11.8 Å². The lowest BCUT2D eigenvalue weighted by Gasteiger charge is -2.41. The number of rotatable bonds is 11. The van der Waals surface area contributed by atoms with Gasteiger partial charge in [0.1, 0.15) is 40.9 Å². The maximum atomic E-state index is 16.1. The van der Waals surface area contributed by atoms with Crippen LogP contribution < -0.4 is 5.32 Å². The van der Waals surface area contributed by atoms with Gasteiger partial charge in [-0.1, -0.05) is 30.3 Å². The number of alkyl carbamates (subject to hydrolysis) is 1. The molecular formula is C40H52F3N5O7. The summed E-state index contributed by atoms with van der Waals surface area (Å²) in [5.74, 6) is -3.07. The SMILES string of the molecule is CC(C)(C)OC(=O)N[C@@H](CO)C(=O)N(C[C@@H]1CN(C(=O)OC(C)(C)C)C[C@@H]1F)[C@@H](c1nc(-c2cc(F)ccc2F)cn1Cc1ccccc1)C1CCOCC1. The van der Waals surface area contributed by atoms with Crippen LogP contribution in [-0.4, -0.2) is 105 Å². The Morgan fingerprint density at radius 2 is 1.67 bits per heavy atom. The Kier molecular flexibility index (Phi) is 13.2. The Bertz CT molecular complexity index is 1790. The van der Waals surface area contributed by atoms with Crippen LogP contribution in [0.1, 0.15) is 71.8 Å². The predicted molar refractivity (Wildman–Crippen MR) is 198 cm³/mol. The lowest BCUT2D eigenvalue weighted by molar-refractivity contribution is -0.140. The molecule has 300 valence electrons. The second-order valence-electron chi connectivity index (χ2n) is 16.2. The topological polar surface area (TPSA) is 135 Å². The van der Waals surface area contributed by atoms with Crippen molar-refractivity contribution in [3.63, 3.8) is 0 Å². The maximum absolute atomic E-state index is 16.1. The first-order valence-electron chi connectivity index (χ1n) is 18.6. The predicted octanol–water partition coefficient (Wildman–Crippen LogP) is 6.26. The molecule has 0 radical (unpaired) electrons. The Labute approximate surface area is 319 Å². The molecule has 0 saturated carbocycles. The van der Waals surface area contributed by atoms with Crippen LogP contribution in [0, 0.1) is 23.5 Å². The number of aromatic nitrogens is 2. The molecule has 2 fully saturated rings. The number of carbonyl (C=O) groups excluding carboxylic acids is 3. The minimum absolute atomic E-state index is 0.0815. The minimum atomic E-state index is -1.56. The molecule has 4 atom stereocenters. The van der Waals surface area contributed by atoms with E-state index in [0.29, 0.717) is 31.9 Å². The number of carbonyl (C=O) groups is 3. The Hall–Kier alpha value is -4.63. The zero-order valence-electron chi connectivity index (χ0n) is 32.3. The van der Waals surface area contributed by atoms with E-state index in [-0.39, 0.29) is 43.4 Å². The number of benzene rings is 2. The smallest absolute Gasteiger partial charge is 0.410 e. The number of halogens is 3. The van der Waals surface area contributed by atoms with Gasteiger partial charge >= 0.3 is 12.2 Å². The number of amides is 3. The summed E-state index contributed by atoms with van der Waals surface area (Å²) < 4.78 is 64.3. The molecule has 12 nitrogen and oxygen atoms in total. The number of aliphatic hydroxyl groups is 1. The molecule has 3 amide bonds. The van der Waals surface area contributed by atoms with E-state index in [2.05, 4.69) is 5.32 Å². The first kappa shape index (κ1) is 41.5. The lowest BCUT2D eigenvalue weighted by Crippen LogP contribution is -2.55. The molecule has 2 aromatic carbocycles. The molecule has 2 saturated heterocycles. The average molecular weight is 772 g/mol. The van der Waals surface area contributed by atoms with Gasteiger partial charge in [-0.2, -0.15) is 0 Å². The van der Waals surface area contributed by atoms with Gasteiger partial charge in [-0.05, 0) is 84.1 Å². The Morgan fingerprint density at radius 1 is 1.00 bits per heavy atom. The van der Waals surface area contributed by atoms with Gasteiger partial charge in [-0.15, -0.1) is 0 Å². The standard InChI is InChI=1S/C40H52F3N5O7/c1-39(2,3)54-37(51)45-33(24-49)36(50)48(21-27-20-47(22-31(27)43)38(52)55-40(4,5)6)34(26-14-16-53-17-15-26)35-44-32(29-18-28(41)12-13-30(29)42)23-46(35)19-25-10-8-7-9-11-25/h7-13,18,23,26-27,31,33-34,49H,14-17,19-22,24H2,1-6H3,(H,45,51)/t27-,31-,33-,34+/m0/s1. The van der Waals surface area contributed by atoms with Crippen molar-refractivity contribution in [2.45, 2.75) is 90.4 Å². The number of hydrogen-bond donors (Lipinski definition) is 2. The lowest BCUT2D eigenvalue weighted by atomic mass is 9.88. The second-order valence-corrected chi connectivity index (χ2v) is 16.2. The molecule has 5 rings (SSSR count). The monoisotopic (exact) mass is 771 g/mol. The number of imidazole rings is 1. The fourth-order valence-electron chi connectivity index (χ4n) is 6.94. The summed E-state index contributed by atoms with van der Waals surface area (Å²) in [6.45, 7) is 9.56. The summed E-state index contributed by atoms with van der Waals surface area (Å²) >= 11 is 0. The van der Waals surface area contributed by atoms with Crippen molar-refractivity contribution in [3.05, 3.63) is 77.8 Å². The summed E-state index contributed by atoms with van der Waals surface area (Å²) in [5.41, 5.74) is -0.877. The summed E-state index contributed by atoms with van der Waals surface area (Å²) in [4.78, 5) is 48.4. The molecule has 2 N–H and O–H groups in total.